The van der Waals surface area contributed by atoms with Crippen LogP contribution >= 0.6 is 0 Å². The van der Waals surface area contributed by atoms with Crippen molar-refractivity contribution in [2.24, 2.45) is 0 Å². The van der Waals surface area contributed by atoms with Gasteiger partial charge < -0.3 is 9.47 Å². The number of Topliss-reactive ketones (excluding diaryl/α,β-unsaturated/α-hetero) is 1. The maximum atomic E-state index is 11.5. The Bertz CT molecular complexity index is 198. The fourth-order valence-corrected chi connectivity index (χ4v) is 1.66. The molecule has 0 aromatic rings. The maximum absolute atomic E-state index is 11.5. The molecule has 0 aromatic heterocycles. The van der Waals surface area contributed by atoms with E-state index in [-0.39, 0.29) is 18.2 Å². The third-order valence-electron chi connectivity index (χ3n) is 2.29. The third-order valence-corrected chi connectivity index (χ3v) is 2.29. The molecule has 3 nitrogen and oxygen atoms in total. The van der Waals surface area contributed by atoms with Crippen LogP contribution in [0, 0.1) is 0 Å². The van der Waals surface area contributed by atoms with Gasteiger partial charge in [0.25, 0.3) is 0 Å². The summed E-state index contributed by atoms with van der Waals surface area (Å²) in [6.07, 6.45) is 1.36. The van der Waals surface area contributed by atoms with E-state index in [0.717, 1.165) is 12.8 Å². The molecule has 0 radical (unpaired) electrons. The van der Waals surface area contributed by atoms with E-state index in [1.165, 1.54) is 0 Å². The minimum atomic E-state index is -0.621. The van der Waals surface area contributed by atoms with Gasteiger partial charge in [0, 0.05) is 6.42 Å². The molecule has 2 heterocycles. The van der Waals surface area contributed by atoms with Gasteiger partial charge in [-0.25, -0.2) is 0 Å². The van der Waals surface area contributed by atoms with Crippen LogP contribution in [-0.2, 0) is 14.3 Å². The predicted octanol–water partition coefficient (Wildman–Crippen LogP) is 0.869. The molecular weight excluding hydrogens is 144 g/mol. The van der Waals surface area contributed by atoms with Gasteiger partial charge >= 0.3 is 0 Å². The summed E-state index contributed by atoms with van der Waals surface area (Å²) < 4.78 is 10.7. The van der Waals surface area contributed by atoms with Crippen LogP contribution in [0.15, 0.2) is 0 Å². The number of carbonyl (C=O) groups excluding carboxylic acids is 1. The molecule has 2 aliphatic heterocycles. The van der Waals surface area contributed by atoms with E-state index in [1.807, 2.05) is 13.8 Å². The molecule has 11 heavy (non-hydrogen) atoms. The van der Waals surface area contributed by atoms with Crippen LogP contribution in [0.2, 0.25) is 0 Å². The van der Waals surface area contributed by atoms with E-state index in [0.29, 0.717) is 0 Å². The Balaban J connectivity index is 2.25. The second kappa shape index (κ2) is 2.05. The zero-order valence-electron chi connectivity index (χ0n) is 6.79. The minimum Gasteiger partial charge on any atom is -0.341 e. The second-order valence-electron chi connectivity index (χ2n) is 3.62. The molecular formula is C8H12O3. The summed E-state index contributed by atoms with van der Waals surface area (Å²) >= 11 is 0. The molecule has 0 saturated carbocycles. The number of hydrogen-bond donors (Lipinski definition) is 0. The number of hydrogen-bond acceptors (Lipinski definition) is 3. The molecule has 0 aromatic carbocycles. The Morgan fingerprint density at radius 3 is 2.91 bits per heavy atom. The zero-order valence-corrected chi connectivity index (χ0v) is 6.79. The summed E-state index contributed by atoms with van der Waals surface area (Å²) in [7, 11) is 0. The molecule has 0 spiro atoms. The minimum absolute atomic E-state index is 0.0891. The van der Waals surface area contributed by atoms with Crippen molar-refractivity contribution in [1.82, 2.24) is 0 Å². The largest absolute Gasteiger partial charge is 0.341 e. The Morgan fingerprint density at radius 2 is 2.18 bits per heavy atom. The highest BCUT2D eigenvalue weighted by Crippen LogP contribution is 2.34. The summed E-state index contributed by atoms with van der Waals surface area (Å²) in [5, 5.41) is 0. The summed E-state index contributed by atoms with van der Waals surface area (Å²) in [6, 6.07) is 0. The maximum Gasteiger partial charge on any atom is 0.192 e. The number of carbonyl (C=O) groups is 1. The summed E-state index contributed by atoms with van der Waals surface area (Å²) in [4.78, 5) is 11.5. The van der Waals surface area contributed by atoms with Gasteiger partial charge in [0.1, 0.15) is 11.7 Å². The number of fused-ring (bicyclic) bond motifs is 2. The van der Waals surface area contributed by atoms with Crippen molar-refractivity contribution in [2.75, 3.05) is 0 Å². The SMILES string of the molecule is CC1(C)OC2CCC(O2)C1=O. The van der Waals surface area contributed by atoms with Crippen LogP contribution in [0.3, 0.4) is 0 Å². The molecule has 0 aliphatic carbocycles. The first-order chi connectivity index (χ1) is 5.09. The van der Waals surface area contributed by atoms with Crippen molar-refractivity contribution in [3.63, 3.8) is 0 Å². The van der Waals surface area contributed by atoms with Gasteiger partial charge in [0.2, 0.25) is 0 Å². The van der Waals surface area contributed by atoms with E-state index in [9.17, 15) is 4.79 Å². The van der Waals surface area contributed by atoms with Gasteiger partial charge in [0.15, 0.2) is 12.1 Å². The molecule has 62 valence electrons. The lowest BCUT2D eigenvalue weighted by Gasteiger charge is -2.33. The molecule has 2 bridgehead atoms. The van der Waals surface area contributed by atoms with E-state index in [4.69, 9.17) is 9.47 Å². The Labute approximate surface area is 65.7 Å². The molecule has 2 saturated heterocycles. The monoisotopic (exact) mass is 156 g/mol. The lowest BCUT2D eigenvalue weighted by molar-refractivity contribution is -0.228. The number of ether oxygens (including phenoxy) is 2. The number of ketones is 1. The van der Waals surface area contributed by atoms with E-state index in [1.54, 1.807) is 0 Å². The average Bonchev–Trinajstić information content (AvgIpc) is 2.29. The van der Waals surface area contributed by atoms with Crippen molar-refractivity contribution in [3.05, 3.63) is 0 Å². The van der Waals surface area contributed by atoms with Gasteiger partial charge in [-0.05, 0) is 20.3 Å². The quantitative estimate of drug-likeness (QED) is 0.522. The fourth-order valence-electron chi connectivity index (χ4n) is 1.66. The van der Waals surface area contributed by atoms with Crippen LogP contribution in [0.25, 0.3) is 0 Å². The summed E-state index contributed by atoms with van der Waals surface area (Å²) in [5.74, 6) is 0.0891. The van der Waals surface area contributed by atoms with E-state index < -0.39 is 5.60 Å². The highest BCUT2D eigenvalue weighted by atomic mass is 16.7. The van der Waals surface area contributed by atoms with Crippen LogP contribution in [-0.4, -0.2) is 23.8 Å². The van der Waals surface area contributed by atoms with Crippen LogP contribution in [0.4, 0.5) is 0 Å². The van der Waals surface area contributed by atoms with Crippen LogP contribution < -0.4 is 0 Å². The van der Waals surface area contributed by atoms with Crippen molar-refractivity contribution < 1.29 is 14.3 Å². The predicted molar refractivity (Wildman–Crippen MR) is 38.1 cm³/mol. The second-order valence-corrected chi connectivity index (χ2v) is 3.62. The van der Waals surface area contributed by atoms with Crippen molar-refractivity contribution in [1.29, 1.82) is 0 Å². The van der Waals surface area contributed by atoms with Gasteiger partial charge in [-0.1, -0.05) is 0 Å². The lowest BCUT2D eigenvalue weighted by atomic mass is 9.98. The van der Waals surface area contributed by atoms with E-state index in [2.05, 4.69) is 0 Å². The van der Waals surface area contributed by atoms with Gasteiger partial charge in [-0.3, -0.25) is 4.79 Å². The molecule has 0 amide bonds. The first-order valence-corrected chi connectivity index (χ1v) is 3.97. The molecule has 0 N–H and O–H groups in total. The van der Waals surface area contributed by atoms with Crippen molar-refractivity contribution in [3.8, 4) is 0 Å². The number of rotatable bonds is 0. The molecule has 2 rings (SSSR count). The Hall–Kier alpha value is -0.410. The lowest BCUT2D eigenvalue weighted by Crippen LogP contribution is -2.48. The normalized spacial score (nSPS) is 41.1. The summed E-state index contributed by atoms with van der Waals surface area (Å²) in [5.41, 5.74) is -0.621. The first kappa shape index (κ1) is 7.25. The first-order valence-electron chi connectivity index (χ1n) is 3.97. The molecule has 2 aliphatic rings. The average molecular weight is 156 g/mol. The third kappa shape index (κ3) is 0.993. The van der Waals surface area contributed by atoms with Crippen molar-refractivity contribution in [2.45, 2.75) is 44.7 Å². The zero-order chi connectivity index (χ0) is 8.06. The molecule has 2 atom stereocenters. The highest BCUT2D eigenvalue weighted by Gasteiger charge is 2.47. The van der Waals surface area contributed by atoms with Gasteiger partial charge in [0.05, 0.1) is 0 Å². The molecule has 3 heteroatoms. The smallest absolute Gasteiger partial charge is 0.192 e. The van der Waals surface area contributed by atoms with Crippen LogP contribution in [0.1, 0.15) is 26.7 Å². The van der Waals surface area contributed by atoms with E-state index >= 15 is 0 Å². The Kier molecular flexibility index (Phi) is 1.35. The highest BCUT2D eigenvalue weighted by molar-refractivity contribution is 5.91. The van der Waals surface area contributed by atoms with Gasteiger partial charge in [-0.15, -0.1) is 0 Å². The summed E-state index contributed by atoms with van der Waals surface area (Å²) in [6.45, 7) is 3.62. The van der Waals surface area contributed by atoms with Crippen LogP contribution in [0.5, 0.6) is 0 Å². The topological polar surface area (TPSA) is 35.5 Å². The fraction of sp³-hybridized carbons (Fsp3) is 0.875. The molecule has 2 fully saturated rings. The van der Waals surface area contributed by atoms with Gasteiger partial charge in [-0.2, -0.15) is 0 Å². The molecule has 2 unspecified atom stereocenters. The van der Waals surface area contributed by atoms with Crippen molar-refractivity contribution >= 4 is 5.78 Å². The Morgan fingerprint density at radius 1 is 1.45 bits per heavy atom. The standard InChI is InChI=1S/C8H12O3/c1-8(2)7(9)5-3-4-6(10-5)11-8/h5-6H,3-4H2,1-2H3.